The van der Waals surface area contributed by atoms with Crippen LogP contribution in [0.1, 0.15) is 12.8 Å². The standard InChI is InChI=1S/C12H20F3N3O/c1-2-3-10(16)11(19)17-6-9-4-5-18(7-9)8-12(13,14)15/h2,9-10H,1,3-8,16H2,(H,17,19). The van der Waals surface area contributed by atoms with Crippen molar-refractivity contribution in [2.24, 2.45) is 11.7 Å². The highest BCUT2D eigenvalue weighted by molar-refractivity contribution is 5.81. The van der Waals surface area contributed by atoms with Gasteiger partial charge in [0.1, 0.15) is 0 Å². The van der Waals surface area contributed by atoms with E-state index >= 15 is 0 Å². The van der Waals surface area contributed by atoms with Gasteiger partial charge in [0.2, 0.25) is 5.91 Å². The van der Waals surface area contributed by atoms with Crippen molar-refractivity contribution in [2.75, 3.05) is 26.2 Å². The van der Waals surface area contributed by atoms with Gasteiger partial charge >= 0.3 is 6.18 Å². The lowest BCUT2D eigenvalue weighted by molar-refractivity contribution is -0.143. The van der Waals surface area contributed by atoms with Crippen LogP contribution in [0.2, 0.25) is 0 Å². The molecule has 0 radical (unpaired) electrons. The van der Waals surface area contributed by atoms with E-state index in [9.17, 15) is 18.0 Å². The molecule has 7 heteroatoms. The lowest BCUT2D eigenvalue weighted by Gasteiger charge is -2.18. The van der Waals surface area contributed by atoms with E-state index < -0.39 is 18.8 Å². The molecule has 0 saturated carbocycles. The zero-order valence-corrected chi connectivity index (χ0v) is 10.7. The van der Waals surface area contributed by atoms with Crippen LogP contribution >= 0.6 is 0 Å². The van der Waals surface area contributed by atoms with Crippen molar-refractivity contribution in [2.45, 2.75) is 25.1 Å². The van der Waals surface area contributed by atoms with Gasteiger partial charge in [-0.25, -0.2) is 0 Å². The van der Waals surface area contributed by atoms with E-state index in [2.05, 4.69) is 11.9 Å². The van der Waals surface area contributed by atoms with Crippen molar-refractivity contribution in [3.8, 4) is 0 Å². The third-order valence-electron chi connectivity index (χ3n) is 3.10. The molecule has 1 heterocycles. The normalized spacial score (nSPS) is 22.2. The lowest BCUT2D eigenvalue weighted by Crippen LogP contribution is -2.42. The average Bonchev–Trinajstić information content (AvgIpc) is 2.71. The molecule has 1 saturated heterocycles. The highest BCUT2D eigenvalue weighted by atomic mass is 19.4. The zero-order chi connectivity index (χ0) is 14.5. The highest BCUT2D eigenvalue weighted by Crippen LogP contribution is 2.22. The quantitative estimate of drug-likeness (QED) is 0.710. The molecule has 0 aromatic carbocycles. The number of nitrogens with one attached hydrogen (secondary N) is 1. The number of nitrogens with two attached hydrogens (primary N) is 1. The number of hydrogen-bond donors (Lipinski definition) is 2. The van der Waals surface area contributed by atoms with Crippen molar-refractivity contribution >= 4 is 5.91 Å². The molecular weight excluding hydrogens is 259 g/mol. The molecule has 0 aliphatic carbocycles. The summed E-state index contributed by atoms with van der Waals surface area (Å²) < 4.78 is 36.6. The summed E-state index contributed by atoms with van der Waals surface area (Å²) >= 11 is 0. The fraction of sp³-hybridized carbons (Fsp3) is 0.750. The molecule has 1 amide bonds. The van der Waals surface area contributed by atoms with Gasteiger partial charge in [-0.1, -0.05) is 6.08 Å². The van der Waals surface area contributed by atoms with Gasteiger partial charge in [0.25, 0.3) is 0 Å². The van der Waals surface area contributed by atoms with E-state index in [1.807, 2.05) is 0 Å². The van der Waals surface area contributed by atoms with Crippen LogP contribution < -0.4 is 11.1 Å². The lowest BCUT2D eigenvalue weighted by atomic mass is 10.1. The number of carbonyl (C=O) groups is 1. The minimum absolute atomic E-state index is 0.0576. The maximum atomic E-state index is 12.2. The van der Waals surface area contributed by atoms with Crippen LogP contribution in [0.25, 0.3) is 0 Å². The van der Waals surface area contributed by atoms with Crippen LogP contribution in [0, 0.1) is 5.92 Å². The molecule has 0 aromatic heterocycles. The Kier molecular flexibility index (Phi) is 5.81. The number of hydrogen-bond acceptors (Lipinski definition) is 3. The van der Waals surface area contributed by atoms with E-state index in [0.717, 1.165) is 0 Å². The molecular formula is C12H20F3N3O. The summed E-state index contributed by atoms with van der Waals surface area (Å²) in [5.74, 6) is -0.226. The van der Waals surface area contributed by atoms with E-state index in [0.29, 0.717) is 32.5 Å². The SMILES string of the molecule is C=CCC(N)C(=O)NCC1CCN(CC(F)(F)F)C1. The Morgan fingerprint density at radius 3 is 2.84 bits per heavy atom. The summed E-state index contributed by atoms with van der Waals surface area (Å²) in [6.45, 7) is 3.76. The number of likely N-dealkylation sites (tertiary alicyclic amines) is 1. The Morgan fingerprint density at radius 1 is 1.58 bits per heavy atom. The number of rotatable bonds is 6. The Bertz CT molecular complexity index is 320. The minimum atomic E-state index is -4.16. The first-order chi connectivity index (χ1) is 8.81. The van der Waals surface area contributed by atoms with Gasteiger partial charge in [-0.3, -0.25) is 9.69 Å². The van der Waals surface area contributed by atoms with Gasteiger partial charge in [-0.15, -0.1) is 6.58 Å². The van der Waals surface area contributed by atoms with Crippen LogP contribution in [0.4, 0.5) is 13.2 Å². The van der Waals surface area contributed by atoms with Gasteiger partial charge in [0, 0.05) is 13.1 Å². The number of nitrogens with zero attached hydrogens (tertiary/aromatic N) is 1. The second kappa shape index (κ2) is 6.91. The number of amides is 1. The second-order valence-corrected chi connectivity index (χ2v) is 4.88. The fourth-order valence-electron chi connectivity index (χ4n) is 2.14. The van der Waals surface area contributed by atoms with Crippen LogP contribution in [-0.2, 0) is 4.79 Å². The zero-order valence-electron chi connectivity index (χ0n) is 10.7. The summed E-state index contributed by atoms with van der Waals surface area (Å²) in [4.78, 5) is 12.9. The van der Waals surface area contributed by atoms with Crippen molar-refractivity contribution in [1.82, 2.24) is 10.2 Å². The Balaban J connectivity index is 2.25. The molecule has 2 unspecified atom stereocenters. The highest BCUT2D eigenvalue weighted by Gasteiger charge is 2.34. The molecule has 1 fully saturated rings. The fourth-order valence-corrected chi connectivity index (χ4v) is 2.14. The van der Waals surface area contributed by atoms with Crippen LogP contribution in [0.15, 0.2) is 12.7 Å². The summed E-state index contributed by atoms with van der Waals surface area (Å²) in [5.41, 5.74) is 5.58. The Hall–Kier alpha value is -1.08. The van der Waals surface area contributed by atoms with Crippen LogP contribution in [-0.4, -0.2) is 49.2 Å². The maximum absolute atomic E-state index is 12.2. The van der Waals surface area contributed by atoms with Crippen molar-refractivity contribution in [3.05, 3.63) is 12.7 Å². The third kappa shape index (κ3) is 6.07. The monoisotopic (exact) mass is 279 g/mol. The van der Waals surface area contributed by atoms with Gasteiger partial charge < -0.3 is 11.1 Å². The van der Waals surface area contributed by atoms with E-state index in [1.165, 1.54) is 4.90 Å². The molecule has 0 aromatic rings. The second-order valence-electron chi connectivity index (χ2n) is 4.88. The number of alkyl halides is 3. The van der Waals surface area contributed by atoms with Gasteiger partial charge in [0.05, 0.1) is 12.6 Å². The van der Waals surface area contributed by atoms with Crippen molar-refractivity contribution < 1.29 is 18.0 Å². The van der Waals surface area contributed by atoms with E-state index in [-0.39, 0.29) is 11.8 Å². The van der Waals surface area contributed by atoms with Crippen LogP contribution in [0.3, 0.4) is 0 Å². The topological polar surface area (TPSA) is 58.4 Å². The predicted molar refractivity (Wildman–Crippen MR) is 66.4 cm³/mol. The third-order valence-corrected chi connectivity index (χ3v) is 3.10. The first kappa shape index (κ1) is 16.0. The van der Waals surface area contributed by atoms with Crippen molar-refractivity contribution in [3.63, 3.8) is 0 Å². The molecule has 1 aliphatic rings. The molecule has 2 atom stereocenters. The molecule has 0 bridgehead atoms. The molecule has 1 rings (SSSR count). The smallest absolute Gasteiger partial charge is 0.354 e. The molecule has 19 heavy (non-hydrogen) atoms. The summed E-state index contributed by atoms with van der Waals surface area (Å²) in [6, 6.07) is -0.634. The van der Waals surface area contributed by atoms with Gasteiger partial charge in [0.15, 0.2) is 0 Å². The summed E-state index contributed by atoms with van der Waals surface area (Å²) in [7, 11) is 0. The van der Waals surface area contributed by atoms with Gasteiger partial charge in [-0.2, -0.15) is 13.2 Å². The van der Waals surface area contributed by atoms with Gasteiger partial charge in [-0.05, 0) is 25.3 Å². The Morgan fingerprint density at radius 2 is 2.26 bits per heavy atom. The summed E-state index contributed by atoms with van der Waals surface area (Å²) in [5, 5.41) is 2.67. The predicted octanol–water partition coefficient (Wildman–Crippen LogP) is 0.890. The average molecular weight is 279 g/mol. The molecule has 1 aliphatic heterocycles. The minimum Gasteiger partial charge on any atom is -0.354 e. The Labute approximate surface area is 110 Å². The maximum Gasteiger partial charge on any atom is 0.401 e. The first-order valence-corrected chi connectivity index (χ1v) is 6.25. The molecule has 110 valence electrons. The number of halogens is 3. The van der Waals surface area contributed by atoms with E-state index in [1.54, 1.807) is 6.08 Å². The van der Waals surface area contributed by atoms with Crippen molar-refractivity contribution in [1.29, 1.82) is 0 Å². The molecule has 3 N–H and O–H groups in total. The first-order valence-electron chi connectivity index (χ1n) is 6.25. The van der Waals surface area contributed by atoms with E-state index in [4.69, 9.17) is 5.73 Å². The molecule has 0 spiro atoms. The largest absolute Gasteiger partial charge is 0.401 e. The molecule has 4 nitrogen and oxygen atoms in total. The van der Waals surface area contributed by atoms with Crippen LogP contribution in [0.5, 0.6) is 0 Å². The number of carbonyl (C=O) groups excluding carboxylic acids is 1. The summed E-state index contributed by atoms with van der Waals surface area (Å²) in [6.07, 6.45) is -1.56.